The smallest absolute Gasteiger partial charge is 0.204 e. The Labute approximate surface area is 132 Å². The lowest BCUT2D eigenvalue weighted by Gasteiger charge is -2.15. The molecule has 0 radical (unpaired) electrons. The van der Waals surface area contributed by atoms with E-state index in [1.54, 1.807) is 0 Å². The number of allylic oxidation sites excluding steroid dienone is 1. The van der Waals surface area contributed by atoms with Crippen molar-refractivity contribution in [3.8, 4) is 54.3 Å². The van der Waals surface area contributed by atoms with E-state index in [1.165, 1.54) is 0 Å². The number of hydrogen-bond acceptors (Lipinski definition) is 3. The largest absolute Gasteiger partial charge is 0.477 e. The highest BCUT2D eigenvalue weighted by molar-refractivity contribution is 5.63. The van der Waals surface area contributed by atoms with Gasteiger partial charge >= 0.3 is 0 Å². The van der Waals surface area contributed by atoms with Gasteiger partial charge in [-0.3, -0.25) is 0 Å². The predicted octanol–water partition coefficient (Wildman–Crippen LogP) is 3.15. The van der Waals surface area contributed by atoms with Gasteiger partial charge in [0.2, 0.25) is 5.75 Å². The molecule has 0 aromatic heterocycles. The molecule has 0 saturated heterocycles. The molecular weight excluding hydrogens is 276 g/mol. The molecule has 1 aromatic carbocycles. The van der Waals surface area contributed by atoms with E-state index in [0.29, 0.717) is 17.2 Å². The van der Waals surface area contributed by atoms with E-state index in [-0.39, 0.29) is 19.8 Å². The molecule has 0 heterocycles. The molecule has 112 valence electrons. The van der Waals surface area contributed by atoms with Gasteiger partial charge in [0.25, 0.3) is 0 Å². The van der Waals surface area contributed by atoms with Gasteiger partial charge in [-0.05, 0) is 31.5 Å². The van der Waals surface area contributed by atoms with Crippen LogP contribution < -0.4 is 14.2 Å². The lowest BCUT2D eigenvalue weighted by molar-refractivity contribution is 0.286. The average Bonchev–Trinajstić information content (AvgIpc) is 2.48. The summed E-state index contributed by atoms with van der Waals surface area (Å²) >= 11 is 0. The Morgan fingerprint density at radius 1 is 0.909 bits per heavy atom. The molecule has 3 heteroatoms. The van der Waals surface area contributed by atoms with Gasteiger partial charge in [0.1, 0.15) is 19.8 Å². The van der Waals surface area contributed by atoms with Crippen LogP contribution in [0.15, 0.2) is 17.7 Å². The van der Waals surface area contributed by atoms with Gasteiger partial charge in [-0.25, -0.2) is 0 Å². The van der Waals surface area contributed by atoms with Crippen molar-refractivity contribution in [1.29, 1.82) is 0 Å². The van der Waals surface area contributed by atoms with Crippen molar-refractivity contribution in [2.24, 2.45) is 0 Å². The number of ether oxygens (including phenoxy) is 3. The Balaban J connectivity index is 3.33. The van der Waals surface area contributed by atoms with Gasteiger partial charge in [0.15, 0.2) is 11.5 Å². The van der Waals surface area contributed by atoms with Crippen molar-refractivity contribution in [3.63, 3.8) is 0 Å². The highest BCUT2D eigenvalue weighted by Gasteiger charge is 2.14. The maximum absolute atomic E-state index is 5.54. The van der Waals surface area contributed by atoms with Crippen LogP contribution in [0.3, 0.4) is 0 Å². The Morgan fingerprint density at radius 2 is 1.36 bits per heavy atom. The van der Waals surface area contributed by atoms with Crippen LogP contribution in [0.1, 0.15) is 19.4 Å². The molecule has 0 N–H and O–H groups in total. The minimum absolute atomic E-state index is 0.0841. The molecule has 0 atom stereocenters. The van der Waals surface area contributed by atoms with Crippen molar-refractivity contribution in [1.82, 2.24) is 0 Å². The van der Waals surface area contributed by atoms with Gasteiger partial charge in [-0.1, -0.05) is 29.4 Å². The maximum atomic E-state index is 5.54. The van der Waals surface area contributed by atoms with Gasteiger partial charge < -0.3 is 14.2 Å². The van der Waals surface area contributed by atoms with Gasteiger partial charge in [-0.15, -0.1) is 19.3 Å². The SMILES string of the molecule is C#CCOc1cc(C=C(C)C)cc(OCC#C)c1OCC#C. The third-order valence-corrected chi connectivity index (χ3v) is 2.42. The highest BCUT2D eigenvalue weighted by atomic mass is 16.5. The summed E-state index contributed by atoms with van der Waals surface area (Å²) in [6.45, 7) is 4.29. The first kappa shape index (κ1) is 17.1. The van der Waals surface area contributed by atoms with E-state index in [1.807, 2.05) is 32.1 Å². The summed E-state index contributed by atoms with van der Waals surface area (Å²) in [5.41, 5.74) is 2.02. The molecule has 0 spiro atoms. The van der Waals surface area contributed by atoms with Gasteiger partial charge in [0.05, 0.1) is 0 Å². The van der Waals surface area contributed by atoms with Gasteiger partial charge in [-0.2, -0.15) is 0 Å². The second kappa shape index (κ2) is 9.06. The van der Waals surface area contributed by atoms with Crippen LogP contribution in [0, 0.1) is 37.0 Å². The van der Waals surface area contributed by atoms with Crippen molar-refractivity contribution < 1.29 is 14.2 Å². The van der Waals surface area contributed by atoms with Crippen LogP contribution in [0.5, 0.6) is 17.2 Å². The summed E-state index contributed by atoms with van der Waals surface area (Å²) in [6.07, 6.45) is 17.7. The Hall–Kier alpha value is -2.96. The Kier molecular flexibility index (Phi) is 7.04. The first-order chi connectivity index (χ1) is 10.6. The zero-order valence-corrected chi connectivity index (χ0v) is 12.8. The minimum Gasteiger partial charge on any atom is -0.477 e. The first-order valence-electron chi connectivity index (χ1n) is 6.64. The lowest BCUT2D eigenvalue weighted by atomic mass is 10.1. The molecule has 22 heavy (non-hydrogen) atoms. The number of hydrogen-bond donors (Lipinski definition) is 0. The van der Waals surface area contributed by atoms with E-state index in [9.17, 15) is 0 Å². The first-order valence-corrected chi connectivity index (χ1v) is 6.64. The monoisotopic (exact) mass is 294 g/mol. The summed E-state index contributed by atoms with van der Waals surface area (Å²) < 4.78 is 16.6. The normalized spacial score (nSPS) is 8.86. The molecule has 0 aliphatic heterocycles. The fraction of sp³-hybridized carbons (Fsp3) is 0.263. The Bertz CT molecular complexity index is 620. The lowest BCUT2D eigenvalue weighted by Crippen LogP contribution is -2.04. The second-order valence-corrected chi connectivity index (χ2v) is 4.55. The van der Waals surface area contributed by atoms with E-state index in [4.69, 9.17) is 33.5 Å². The molecule has 0 aliphatic rings. The summed E-state index contributed by atoms with van der Waals surface area (Å²) in [7, 11) is 0. The molecule has 0 fully saturated rings. The maximum Gasteiger partial charge on any atom is 0.204 e. The second-order valence-electron chi connectivity index (χ2n) is 4.55. The molecule has 0 bridgehead atoms. The van der Waals surface area contributed by atoms with Crippen molar-refractivity contribution in [3.05, 3.63) is 23.3 Å². The molecule has 3 nitrogen and oxygen atoms in total. The van der Waals surface area contributed by atoms with Gasteiger partial charge in [0, 0.05) is 0 Å². The number of terminal acetylenes is 3. The van der Waals surface area contributed by atoms with Crippen LogP contribution in [0.25, 0.3) is 6.08 Å². The molecule has 0 aliphatic carbocycles. The fourth-order valence-electron chi connectivity index (χ4n) is 1.72. The standard InChI is InChI=1S/C19H18O3/c1-6-9-20-17-13-16(12-15(4)5)14-18(21-10-7-2)19(17)22-11-8-3/h1-3,12-14H,9-11H2,4-5H3. The summed E-state index contributed by atoms with van der Waals surface area (Å²) in [4.78, 5) is 0. The zero-order chi connectivity index (χ0) is 16.4. The third kappa shape index (κ3) is 5.20. The van der Waals surface area contributed by atoms with Crippen LogP contribution in [0.4, 0.5) is 0 Å². The van der Waals surface area contributed by atoms with Crippen LogP contribution in [0.2, 0.25) is 0 Å². The third-order valence-electron chi connectivity index (χ3n) is 2.42. The van der Waals surface area contributed by atoms with Crippen LogP contribution in [-0.2, 0) is 0 Å². The highest BCUT2D eigenvalue weighted by Crippen LogP contribution is 2.39. The summed E-state index contributed by atoms with van der Waals surface area (Å²) in [5.74, 6) is 8.57. The molecule has 0 saturated carbocycles. The predicted molar refractivity (Wildman–Crippen MR) is 88.8 cm³/mol. The summed E-state index contributed by atoms with van der Waals surface area (Å²) in [6, 6.07) is 3.64. The quantitative estimate of drug-likeness (QED) is 0.723. The molecule has 0 amide bonds. The van der Waals surface area contributed by atoms with E-state index in [0.717, 1.165) is 11.1 Å². The number of benzene rings is 1. The van der Waals surface area contributed by atoms with E-state index in [2.05, 4.69) is 17.8 Å². The molecule has 0 unspecified atom stereocenters. The zero-order valence-electron chi connectivity index (χ0n) is 12.8. The van der Waals surface area contributed by atoms with E-state index < -0.39 is 0 Å². The van der Waals surface area contributed by atoms with E-state index >= 15 is 0 Å². The Morgan fingerprint density at radius 3 is 1.77 bits per heavy atom. The fourth-order valence-corrected chi connectivity index (χ4v) is 1.72. The minimum atomic E-state index is 0.0841. The van der Waals surface area contributed by atoms with Crippen LogP contribution >= 0.6 is 0 Å². The molecule has 1 aromatic rings. The van der Waals surface area contributed by atoms with Crippen molar-refractivity contribution in [2.45, 2.75) is 13.8 Å². The topological polar surface area (TPSA) is 27.7 Å². The van der Waals surface area contributed by atoms with Crippen LogP contribution in [-0.4, -0.2) is 19.8 Å². The number of rotatable bonds is 7. The van der Waals surface area contributed by atoms with Crippen molar-refractivity contribution in [2.75, 3.05) is 19.8 Å². The summed E-state index contributed by atoms with van der Waals surface area (Å²) in [5, 5.41) is 0. The molecule has 1 rings (SSSR count). The average molecular weight is 294 g/mol. The molecular formula is C19H18O3. The van der Waals surface area contributed by atoms with Crippen molar-refractivity contribution >= 4 is 6.08 Å².